The molecule has 0 unspecified atom stereocenters. The first-order valence-electron chi connectivity index (χ1n) is 12.7. The number of aromatic nitrogens is 1. The second-order valence-electron chi connectivity index (χ2n) is 9.57. The van der Waals surface area contributed by atoms with Gasteiger partial charge in [-0.05, 0) is 72.0 Å². The molecule has 4 aromatic carbocycles. The lowest BCUT2D eigenvalue weighted by atomic mass is 9.96. The minimum Gasteiger partial charge on any atom is -0.348 e. The lowest BCUT2D eigenvalue weighted by Gasteiger charge is -2.11. The van der Waals surface area contributed by atoms with E-state index < -0.39 is 5.78 Å². The molecule has 0 radical (unpaired) electrons. The number of aryl methyl sites for hydroxylation is 1. The minimum atomic E-state index is -0.530. The standard InChI is InChI=1S/C33H27ClN2O3/c1-21-22(2)36(19-23-10-12-25(13-11-23)28-8-3-4-9-29(28)32(38)20-37)31-15-14-26(17-30(21)31)33(39)35-18-24-6-5-7-27(34)16-24/h3-17,20H,18-19H2,1-2H3,(H,35,39). The van der Waals surface area contributed by atoms with Gasteiger partial charge in [-0.1, -0.05) is 72.3 Å². The fraction of sp³-hybridized carbons (Fsp3) is 0.121. The van der Waals surface area contributed by atoms with Gasteiger partial charge in [0.2, 0.25) is 5.78 Å². The number of ketones is 1. The predicted octanol–water partition coefficient (Wildman–Crippen LogP) is 6.94. The summed E-state index contributed by atoms with van der Waals surface area (Å²) in [6.45, 7) is 5.22. The molecule has 0 spiro atoms. The Morgan fingerprint density at radius 2 is 1.64 bits per heavy atom. The molecule has 6 heteroatoms. The van der Waals surface area contributed by atoms with Crippen molar-refractivity contribution in [1.29, 1.82) is 0 Å². The van der Waals surface area contributed by atoms with Crippen molar-refractivity contribution >= 4 is 40.5 Å². The van der Waals surface area contributed by atoms with E-state index in [1.54, 1.807) is 12.1 Å². The second kappa shape index (κ2) is 11.1. The highest BCUT2D eigenvalue weighted by Crippen LogP contribution is 2.29. The average molecular weight is 535 g/mol. The van der Waals surface area contributed by atoms with Gasteiger partial charge in [-0.15, -0.1) is 0 Å². The van der Waals surface area contributed by atoms with Gasteiger partial charge < -0.3 is 9.88 Å². The molecule has 0 saturated heterocycles. The SMILES string of the molecule is Cc1c(C)n(Cc2ccc(-c3ccccc3C(=O)C=O)cc2)c2ccc(C(=O)NCc3cccc(Cl)c3)cc12. The van der Waals surface area contributed by atoms with Crippen LogP contribution >= 0.6 is 11.6 Å². The highest BCUT2D eigenvalue weighted by Gasteiger charge is 2.15. The molecule has 0 bridgehead atoms. The molecule has 5 nitrogen and oxygen atoms in total. The summed E-state index contributed by atoms with van der Waals surface area (Å²) in [6, 6.07) is 28.4. The zero-order valence-corrected chi connectivity index (χ0v) is 22.5. The number of aldehydes is 1. The molecule has 1 amide bonds. The third-order valence-electron chi connectivity index (χ3n) is 7.15. The lowest BCUT2D eigenvalue weighted by Crippen LogP contribution is -2.22. The molecule has 5 aromatic rings. The fourth-order valence-corrected chi connectivity index (χ4v) is 5.12. The van der Waals surface area contributed by atoms with Crippen molar-refractivity contribution in [3.63, 3.8) is 0 Å². The van der Waals surface area contributed by atoms with E-state index in [1.165, 1.54) is 0 Å². The molecule has 0 aliphatic rings. The summed E-state index contributed by atoms with van der Waals surface area (Å²) in [7, 11) is 0. The zero-order valence-electron chi connectivity index (χ0n) is 21.7. The van der Waals surface area contributed by atoms with Crippen LogP contribution in [0.5, 0.6) is 0 Å². The van der Waals surface area contributed by atoms with Crippen LogP contribution in [0.2, 0.25) is 5.02 Å². The number of nitrogens with one attached hydrogen (secondary N) is 1. The third kappa shape index (κ3) is 5.40. The number of hydrogen-bond acceptors (Lipinski definition) is 3. The number of Topliss-reactive ketones (excluding diaryl/α,β-unsaturated/α-hetero) is 1. The maximum Gasteiger partial charge on any atom is 0.251 e. The van der Waals surface area contributed by atoms with Crippen LogP contribution in [0.25, 0.3) is 22.0 Å². The monoisotopic (exact) mass is 534 g/mol. The van der Waals surface area contributed by atoms with Gasteiger partial charge in [0.1, 0.15) is 0 Å². The van der Waals surface area contributed by atoms with Gasteiger partial charge >= 0.3 is 0 Å². The number of halogens is 1. The van der Waals surface area contributed by atoms with E-state index in [4.69, 9.17) is 11.6 Å². The highest BCUT2D eigenvalue weighted by molar-refractivity contribution is 6.34. The van der Waals surface area contributed by atoms with Crippen LogP contribution in [0.4, 0.5) is 0 Å². The summed E-state index contributed by atoms with van der Waals surface area (Å²) in [6.07, 6.45) is 0.351. The van der Waals surface area contributed by atoms with Crippen molar-refractivity contribution in [3.05, 3.63) is 130 Å². The van der Waals surface area contributed by atoms with Crippen molar-refractivity contribution in [3.8, 4) is 11.1 Å². The molecular weight excluding hydrogens is 508 g/mol. The molecule has 0 aliphatic carbocycles. The van der Waals surface area contributed by atoms with Gasteiger partial charge in [-0.3, -0.25) is 14.4 Å². The fourth-order valence-electron chi connectivity index (χ4n) is 4.91. The van der Waals surface area contributed by atoms with Crippen LogP contribution in [0.3, 0.4) is 0 Å². The number of carbonyl (C=O) groups is 3. The molecular formula is C33H27ClN2O3. The smallest absolute Gasteiger partial charge is 0.251 e. The van der Waals surface area contributed by atoms with E-state index in [9.17, 15) is 14.4 Å². The molecule has 1 aromatic heterocycles. The largest absolute Gasteiger partial charge is 0.348 e. The van der Waals surface area contributed by atoms with Crippen LogP contribution in [0.15, 0.2) is 91.0 Å². The van der Waals surface area contributed by atoms with Crippen molar-refractivity contribution in [2.75, 3.05) is 0 Å². The Balaban J connectivity index is 1.37. The molecule has 39 heavy (non-hydrogen) atoms. The second-order valence-corrected chi connectivity index (χ2v) is 10.0. The van der Waals surface area contributed by atoms with Crippen LogP contribution in [-0.4, -0.2) is 22.5 Å². The van der Waals surface area contributed by atoms with E-state index in [2.05, 4.69) is 23.7 Å². The Kier molecular flexibility index (Phi) is 7.44. The summed E-state index contributed by atoms with van der Waals surface area (Å²) in [5.74, 6) is -0.664. The summed E-state index contributed by atoms with van der Waals surface area (Å²) in [5, 5.41) is 4.66. The Morgan fingerprint density at radius 1 is 0.872 bits per heavy atom. The predicted molar refractivity (Wildman–Crippen MR) is 155 cm³/mol. The normalized spacial score (nSPS) is 10.9. The number of amides is 1. The van der Waals surface area contributed by atoms with Crippen LogP contribution in [0, 0.1) is 13.8 Å². The Labute approximate surface area is 232 Å². The lowest BCUT2D eigenvalue weighted by molar-refractivity contribution is -0.104. The summed E-state index contributed by atoms with van der Waals surface area (Å²) < 4.78 is 2.25. The molecule has 5 rings (SSSR count). The van der Waals surface area contributed by atoms with Crippen molar-refractivity contribution in [2.24, 2.45) is 0 Å². The van der Waals surface area contributed by atoms with E-state index in [0.717, 1.165) is 44.4 Å². The van der Waals surface area contributed by atoms with Gasteiger partial charge in [0.25, 0.3) is 5.91 Å². The molecule has 1 heterocycles. The highest BCUT2D eigenvalue weighted by atomic mass is 35.5. The van der Waals surface area contributed by atoms with Crippen molar-refractivity contribution < 1.29 is 14.4 Å². The number of nitrogens with zero attached hydrogens (tertiary/aromatic N) is 1. The molecule has 194 valence electrons. The van der Waals surface area contributed by atoms with Gasteiger partial charge in [-0.2, -0.15) is 0 Å². The van der Waals surface area contributed by atoms with E-state index in [1.807, 2.05) is 78.9 Å². The molecule has 0 fully saturated rings. The number of rotatable bonds is 8. The van der Waals surface area contributed by atoms with Gasteiger partial charge in [0, 0.05) is 45.8 Å². The first kappa shape index (κ1) is 26.1. The van der Waals surface area contributed by atoms with Crippen LogP contribution in [-0.2, 0) is 17.9 Å². The zero-order chi connectivity index (χ0) is 27.5. The quantitative estimate of drug-likeness (QED) is 0.133. The van der Waals surface area contributed by atoms with Crippen LogP contribution in [0.1, 0.15) is 43.1 Å². The van der Waals surface area contributed by atoms with E-state index in [0.29, 0.717) is 35.5 Å². The number of benzene rings is 4. The first-order chi connectivity index (χ1) is 18.9. The van der Waals surface area contributed by atoms with Crippen molar-refractivity contribution in [2.45, 2.75) is 26.9 Å². The Morgan fingerprint density at radius 3 is 2.38 bits per heavy atom. The first-order valence-corrected chi connectivity index (χ1v) is 13.0. The van der Waals surface area contributed by atoms with Gasteiger partial charge in [0.15, 0.2) is 6.29 Å². The minimum absolute atomic E-state index is 0.134. The summed E-state index contributed by atoms with van der Waals surface area (Å²) in [4.78, 5) is 36.0. The Bertz CT molecular complexity index is 1720. The van der Waals surface area contributed by atoms with Crippen LogP contribution < -0.4 is 5.32 Å². The average Bonchev–Trinajstić information content (AvgIpc) is 3.20. The van der Waals surface area contributed by atoms with Gasteiger partial charge in [-0.25, -0.2) is 0 Å². The maximum atomic E-state index is 12.9. The summed E-state index contributed by atoms with van der Waals surface area (Å²) in [5.41, 5.74) is 7.99. The molecule has 0 saturated carbocycles. The van der Waals surface area contributed by atoms with E-state index in [-0.39, 0.29) is 5.91 Å². The van der Waals surface area contributed by atoms with Crippen molar-refractivity contribution in [1.82, 2.24) is 9.88 Å². The number of hydrogen-bond donors (Lipinski definition) is 1. The molecule has 0 atom stereocenters. The molecule has 0 aliphatic heterocycles. The third-order valence-corrected chi connectivity index (χ3v) is 7.38. The topological polar surface area (TPSA) is 68.2 Å². The Hall–Kier alpha value is -4.48. The van der Waals surface area contributed by atoms with Gasteiger partial charge in [0.05, 0.1) is 0 Å². The summed E-state index contributed by atoms with van der Waals surface area (Å²) >= 11 is 6.06. The van der Waals surface area contributed by atoms with E-state index >= 15 is 0 Å². The number of fused-ring (bicyclic) bond motifs is 1. The number of carbonyl (C=O) groups excluding carboxylic acids is 3. The maximum absolute atomic E-state index is 12.9. The molecule has 1 N–H and O–H groups in total.